The van der Waals surface area contributed by atoms with E-state index in [1.807, 2.05) is 25.1 Å². The van der Waals surface area contributed by atoms with Crippen LogP contribution in [0.15, 0.2) is 17.1 Å². The highest BCUT2D eigenvalue weighted by molar-refractivity contribution is 5.40. The highest BCUT2D eigenvalue weighted by Gasteiger charge is 2.00. The Bertz CT molecular complexity index is 416. The number of unbranched alkanes of at least 4 members (excludes halogenated alkanes) is 1. The third-order valence-corrected chi connectivity index (χ3v) is 2.03. The van der Waals surface area contributed by atoms with E-state index in [0.717, 1.165) is 5.69 Å². The number of aryl methyl sites for hydroxylation is 1. The number of nitriles is 1. The Labute approximate surface area is 88.6 Å². The monoisotopic (exact) mass is 206 g/mol. The average molecular weight is 206 g/mol. The molecule has 1 aromatic heterocycles. The summed E-state index contributed by atoms with van der Waals surface area (Å²) in [5.41, 5.74) is 0.663. The van der Waals surface area contributed by atoms with E-state index in [1.165, 1.54) is 4.68 Å². The van der Waals surface area contributed by atoms with Crippen molar-refractivity contribution in [3.8, 4) is 6.07 Å². The lowest BCUT2D eigenvalue weighted by Crippen LogP contribution is -2.24. The van der Waals surface area contributed by atoms with Gasteiger partial charge in [-0.25, -0.2) is 4.68 Å². The molecule has 80 valence electrons. The fraction of sp³-hybridized carbons (Fsp3) is 0.500. The highest BCUT2D eigenvalue weighted by atomic mass is 16.1. The van der Waals surface area contributed by atoms with Gasteiger partial charge in [-0.15, -0.1) is 0 Å². The molecule has 0 aliphatic rings. The quantitative estimate of drug-likeness (QED) is 0.677. The Balaban J connectivity index is 2.76. The van der Waals surface area contributed by atoms with E-state index in [9.17, 15) is 4.79 Å². The lowest BCUT2D eigenvalue weighted by Gasteiger charge is -2.11. The number of hydrogen-bond donors (Lipinski definition) is 0. The van der Waals surface area contributed by atoms with Crippen LogP contribution in [-0.2, 0) is 6.54 Å². The minimum Gasteiger partial charge on any atom is -0.376 e. The van der Waals surface area contributed by atoms with Gasteiger partial charge < -0.3 is 4.90 Å². The molecule has 0 N–H and O–H groups in total. The van der Waals surface area contributed by atoms with Gasteiger partial charge >= 0.3 is 0 Å². The van der Waals surface area contributed by atoms with Crippen molar-refractivity contribution >= 4 is 5.69 Å². The molecule has 15 heavy (non-hydrogen) atoms. The van der Waals surface area contributed by atoms with Gasteiger partial charge in [0.15, 0.2) is 0 Å². The molecule has 0 fully saturated rings. The first-order valence-electron chi connectivity index (χ1n) is 4.76. The highest BCUT2D eigenvalue weighted by Crippen LogP contribution is 2.03. The summed E-state index contributed by atoms with van der Waals surface area (Å²) in [5.74, 6) is 0. The predicted molar refractivity (Wildman–Crippen MR) is 57.7 cm³/mol. The van der Waals surface area contributed by atoms with Crippen molar-refractivity contribution in [3.05, 3.63) is 22.6 Å². The van der Waals surface area contributed by atoms with E-state index >= 15 is 0 Å². The summed E-state index contributed by atoms with van der Waals surface area (Å²) in [6.45, 7) is 0.500. The molecule has 0 amide bonds. The Morgan fingerprint density at radius 2 is 2.33 bits per heavy atom. The van der Waals surface area contributed by atoms with Gasteiger partial charge in [-0.3, -0.25) is 4.79 Å². The van der Waals surface area contributed by atoms with Gasteiger partial charge in [0.05, 0.1) is 18.0 Å². The minimum absolute atomic E-state index is 0.126. The lowest BCUT2D eigenvalue weighted by molar-refractivity contribution is 0.554. The van der Waals surface area contributed by atoms with Gasteiger partial charge in [0.25, 0.3) is 5.56 Å². The topological polar surface area (TPSA) is 61.9 Å². The Kier molecular flexibility index (Phi) is 3.86. The maximum Gasteiger partial charge on any atom is 0.268 e. The van der Waals surface area contributed by atoms with E-state index in [0.29, 0.717) is 19.4 Å². The van der Waals surface area contributed by atoms with E-state index in [4.69, 9.17) is 5.26 Å². The molecule has 5 heteroatoms. The van der Waals surface area contributed by atoms with Crippen LogP contribution in [0.2, 0.25) is 0 Å². The fourth-order valence-corrected chi connectivity index (χ4v) is 1.14. The van der Waals surface area contributed by atoms with E-state index in [1.54, 1.807) is 12.3 Å². The zero-order valence-electron chi connectivity index (χ0n) is 8.97. The van der Waals surface area contributed by atoms with Crippen molar-refractivity contribution in [1.82, 2.24) is 9.78 Å². The molecular formula is C10H14N4O. The Hall–Kier alpha value is -1.83. The molecule has 1 heterocycles. The first-order valence-corrected chi connectivity index (χ1v) is 4.76. The van der Waals surface area contributed by atoms with E-state index < -0.39 is 0 Å². The zero-order chi connectivity index (χ0) is 11.3. The van der Waals surface area contributed by atoms with Gasteiger partial charge in [-0.05, 0) is 6.42 Å². The molecule has 0 aliphatic carbocycles. The zero-order valence-corrected chi connectivity index (χ0v) is 8.97. The maximum atomic E-state index is 11.5. The number of hydrogen-bond acceptors (Lipinski definition) is 4. The second-order valence-corrected chi connectivity index (χ2v) is 3.43. The molecule has 0 unspecified atom stereocenters. The van der Waals surface area contributed by atoms with Crippen LogP contribution in [0.25, 0.3) is 0 Å². The molecule has 1 aromatic rings. The first-order chi connectivity index (χ1) is 7.15. The third kappa shape index (κ3) is 3.09. The normalized spacial score (nSPS) is 9.67. The fourth-order valence-electron chi connectivity index (χ4n) is 1.14. The van der Waals surface area contributed by atoms with Gasteiger partial charge in [-0.2, -0.15) is 10.4 Å². The summed E-state index contributed by atoms with van der Waals surface area (Å²) >= 11 is 0. The molecule has 0 saturated carbocycles. The largest absolute Gasteiger partial charge is 0.376 e. The standard InChI is InChI=1S/C10H14N4O/c1-13(2)9-7-10(15)14(12-8-9)6-4-3-5-11/h7-8H,3-4,6H2,1-2H3. The molecule has 0 aliphatic heterocycles. The van der Waals surface area contributed by atoms with Crippen molar-refractivity contribution in [1.29, 1.82) is 5.26 Å². The summed E-state index contributed by atoms with van der Waals surface area (Å²) in [7, 11) is 3.72. The molecule has 1 rings (SSSR count). The number of aromatic nitrogens is 2. The SMILES string of the molecule is CN(C)c1cnn(CCCC#N)c(=O)c1. The number of anilines is 1. The molecule has 0 atom stereocenters. The second-order valence-electron chi connectivity index (χ2n) is 3.43. The summed E-state index contributed by atoms with van der Waals surface area (Å²) < 4.78 is 1.38. The molecule has 0 aromatic carbocycles. The molecule has 0 bridgehead atoms. The van der Waals surface area contributed by atoms with Crippen molar-refractivity contribution < 1.29 is 0 Å². The molecular weight excluding hydrogens is 192 g/mol. The van der Waals surface area contributed by atoms with Gasteiger partial charge in [0, 0.05) is 33.1 Å². The smallest absolute Gasteiger partial charge is 0.268 e. The van der Waals surface area contributed by atoms with Gasteiger partial charge in [0.1, 0.15) is 0 Å². The van der Waals surface area contributed by atoms with Crippen LogP contribution < -0.4 is 10.5 Å². The summed E-state index contributed by atoms with van der Waals surface area (Å²) in [6, 6.07) is 3.58. The minimum atomic E-state index is -0.126. The summed E-state index contributed by atoms with van der Waals surface area (Å²) in [5, 5.41) is 12.4. The van der Waals surface area contributed by atoms with Crippen LogP contribution in [0.1, 0.15) is 12.8 Å². The van der Waals surface area contributed by atoms with Crippen LogP contribution in [0.5, 0.6) is 0 Å². The van der Waals surface area contributed by atoms with E-state index in [2.05, 4.69) is 5.10 Å². The van der Waals surface area contributed by atoms with Crippen LogP contribution in [0, 0.1) is 11.3 Å². The van der Waals surface area contributed by atoms with Gasteiger partial charge in [0.2, 0.25) is 0 Å². The van der Waals surface area contributed by atoms with Crippen LogP contribution in [0.4, 0.5) is 5.69 Å². The third-order valence-electron chi connectivity index (χ3n) is 2.03. The Morgan fingerprint density at radius 1 is 1.60 bits per heavy atom. The Morgan fingerprint density at radius 3 is 2.87 bits per heavy atom. The number of nitrogens with zero attached hydrogens (tertiary/aromatic N) is 4. The maximum absolute atomic E-state index is 11.5. The van der Waals surface area contributed by atoms with Crippen molar-refractivity contribution in [3.63, 3.8) is 0 Å². The van der Waals surface area contributed by atoms with Crippen LogP contribution >= 0.6 is 0 Å². The lowest BCUT2D eigenvalue weighted by atomic mass is 10.3. The molecule has 0 spiro atoms. The summed E-state index contributed by atoms with van der Waals surface area (Å²) in [6.07, 6.45) is 2.75. The number of rotatable bonds is 4. The van der Waals surface area contributed by atoms with Crippen molar-refractivity contribution in [2.45, 2.75) is 19.4 Å². The molecule has 0 radical (unpaired) electrons. The molecule has 0 saturated heterocycles. The van der Waals surface area contributed by atoms with E-state index in [-0.39, 0.29) is 5.56 Å². The first kappa shape index (κ1) is 11.2. The van der Waals surface area contributed by atoms with Crippen LogP contribution in [-0.4, -0.2) is 23.9 Å². The van der Waals surface area contributed by atoms with Crippen molar-refractivity contribution in [2.24, 2.45) is 0 Å². The summed E-state index contributed by atoms with van der Waals surface area (Å²) in [4.78, 5) is 13.4. The second kappa shape index (κ2) is 5.15. The van der Waals surface area contributed by atoms with Gasteiger partial charge in [-0.1, -0.05) is 0 Å². The van der Waals surface area contributed by atoms with Crippen molar-refractivity contribution in [2.75, 3.05) is 19.0 Å². The molecule has 5 nitrogen and oxygen atoms in total. The predicted octanol–water partition coefficient (Wildman–Crippen LogP) is 0.613. The van der Waals surface area contributed by atoms with Crippen LogP contribution in [0.3, 0.4) is 0 Å². The average Bonchev–Trinajstić information content (AvgIpc) is 2.20.